The van der Waals surface area contributed by atoms with E-state index in [1.165, 1.54) is 19.2 Å². The molecule has 1 aromatic rings. The summed E-state index contributed by atoms with van der Waals surface area (Å²) in [6, 6.07) is 6.30. The summed E-state index contributed by atoms with van der Waals surface area (Å²) in [5, 5.41) is 11.4. The number of nitrogens with one attached hydrogen (secondary N) is 1. The molecule has 1 saturated heterocycles. The molecule has 1 amide bonds. The molecule has 19 heavy (non-hydrogen) atoms. The van der Waals surface area contributed by atoms with E-state index in [1.807, 2.05) is 4.90 Å². The van der Waals surface area contributed by atoms with E-state index in [1.54, 1.807) is 12.1 Å². The first-order valence-corrected chi connectivity index (χ1v) is 5.93. The second-order valence-electron chi connectivity index (χ2n) is 4.34. The number of methoxy groups -OCH3 is 1. The van der Waals surface area contributed by atoms with Crippen molar-refractivity contribution in [2.24, 2.45) is 0 Å². The lowest BCUT2D eigenvalue weighted by Crippen LogP contribution is -2.36. The van der Waals surface area contributed by atoms with Crippen LogP contribution in [0.15, 0.2) is 18.2 Å². The van der Waals surface area contributed by atoms with Crippen LogP contribution in [0.1, 0.15) is 12.0 Å². The minimum atomic E-state index is -0.524. The van der Waals surface area contributed by atoms with Crippen LogP contribution in [0.2, 0.25) is 0 Å². The van der Waals surface area contributed by atoms with E-state index >= 15 is 0 Å². The first-order valence-electron chi connectivity index (χ1n) is 5.93. The Morgan fingerprint density at radius 2 is 2.42 bits per heavy atom. The van der Waals surface area contributed by atoms with E-state index in [9.17, 15) is 9.18 Å². The molecule has 0 saturated carbocycles. The molecular formula is C13H14FN3O2. The summed E-state index contributed by atoms with van der Waals surface area (Å²) < 4.78 is 18.1. The van der Waals surface area contributed by atoms with Crippen molar-refractivity contribution in [1.82, 2.24) is 5.32 Å². The van der Waals surface area contributed by atoms with Crippen LogP contribution in [0, 0.1) is 17.1 Å². The van der Waals surface area contributed by atoms with E-state index in [0.717, 1.165) is 13.0 Å². The monoisotopic (exact) mass is 263 g/mol. The molecule has 1 aliphatic heterocycles. The Bertz CT molecular complexity index is 527. The van der Waals surface area contributed by atoms with Crippen LogP contribution >= 0.6 is 0 Å². The van der Waals surface area contributed by atoms with Gasteiger partial charge in [-0.05, 0) is 24.6 Å². The second-order valence-corrected chi connectivity index (χ2v) is 4.34. The van der Waals surface area contributed by atoms with E-state index in [0.29, 0.717) is 12.2 Å². The van der Waals surface area contributed by atoms with Crippen molar-refractivity contribution in [2.75, 3.05) is 25.1 Å². The standard InChI is InChI=1S/C13H14FN3O2/c1-19-13(18)16-10-4-5-17(8-10)11-3-2-9(7-15)12(14)6-11/h2-3,6,10H,4-5,8H2,1H3,(H,16,18). The highest BCUT2D eigenvalue weighted by Crippen LogP contribution is 2.22. The molecule has 0 aromatic heterocycles. The van der Waals surface area contributed by atoms with Crippen molar-refractivity contribution >= 4 is 11.8 Å². The van der Waals surface area contributed by atoms with Gasteiger partial charge >= 0.3 is 6.09 Å². The number of nitriles is 1. The van der Waals surface area contributed by atoms with Gasteiger partial charge in [0.1, 0.15) is 11.9 Å². The van der Waals surface area contributed by atoms with Crippen LogP contribution in [0.5, 0.6) is 0 Å². The van der Waals surface area contributed by atoms with Gasteiger partial charge in [-0.1, -0.05) is 0 Å². The van der Waals surface area contributed by atoms with Gasteiger partial charge in [0.05, 0.1) is 18.7 Å². The van der Waals surface area contributed by atoms with Crippen LogP contribution < -0.4 is 10.2 Å². The zero-order valence-electron chi connectivity index (χ0n) is 10.5. The zero-order chi connectivity index (χ0) is 13.8. The average molecular weight is 263 g/mol. The van der Waals surface area contributed by atoms with Crippen molar-refractivity contribution < 1.29 is 13.9 Å². The van der Waals surface area contributed by atoms with Crippen molar-refractivity contribution in [3.63, 3.8) is 0 Å². The number of nitrogens with zero attached hydrogens (tertiary/aromatic N) is 2. The summed E-state index contributed by atoms with van der Waals surface area (Å²) in [6.07, 6.45) is 0.314. The summed E-state index contributed by atoms with van der Waals surface area (Å²) in [5.41, 5.74) is 0.748. The number of amides is 1. The highest BCUT2D eigenvalue weighted by molar-refractivity contribution is 5.67. The largest absolute Gasteiger partial charge is 0.453 e. The van der Waals surface area contributed by atoms with Crippen LogP contribution in [0.4, 0.5) is 14.9 Å². The Morgan fingerprint density at radius 3 is 3.05 bits per heavy atom. The smallest absolute Gasteiger partial charge is 0.407 e. The number of alkyl carbamates (subject to hydrolysis) is 1. The number of hydrogen-bond donors (Lipinski definition) is 1. The number of ether oxygens (including phenoxy) is 1. The molecule has 1 unspecified atom stereocenters. The molecule has 100 valence electrons. The normalized spacial score (nSPS) is 17.9. The number of carbonyl (C=O) groups is 1. The summed E-state index contributed by atoms with van der Waals surface area (Å²) in [6.45, 7) is 1.32. The number of halogens is 1. The summed E-state index contributed by atoms with van der Waals surface area (Å²) in [4.78, 5) is 13.1. The molecule has 0 bridgehead atoms. The molecule has 5 nitrogen and oxygen atoms in total. The van der Waals surface area contributed by atoms with E-state index < -0.39 is 11.9 Å². The molecule has 1 heterocycles. The van der Waals surface area contributed by atoms with Crippen molar-refractivity contribution in [2.45, 2.75) is 12.5 Å². The van der Waals surface area contributed by atoms with E-state index in [-0.39, 0.29) is 11.6 Å². The van der Waals surface area contributed by atoms with Crippen molar-refractivity contribution in [3.05, 3.63) is 29.6 Å². The number of hydrogen-bond acceptors (Lipinski definition) is 4. The summed E-state index contributed by atoms with van der Waals surface area (Å²) in [5.74, 6) is -0.524. The van der Waals surface area contributed by atoms with Gasteiger partial charge < -0.3 is 15.0 Å². The summed E-state index contributed by atoms with van der Waals surface area (Å²) in [7, 11) is 1.32. The Kier molecular flexibility index (Phi) is 3.85. The summed E-state index contributed by atoms with van der Waals surface area (Å²) >= 11 is 0. The topological polar surface area (TPSA) is 65.4 Å². The van der Waals surface area contributed by atoms with Gasteiger partial charge in [0, 0.05) is 18.8 Å². The lowest BCUT2D eigenvalue weighted by molar-refractivity contribution is 0.167. The quantitative estimate of drug-likeness (QED) is 0.880. The molecule has 1 aliphatic rings. The zero-order valence-corrected chi connectivity index (χ0v) is 10.5. The molecular weight excluding hydrogens is 249 g/mol. The van der Waals surface area contributed by atoms with Crippen molar-refractivity contribution in [1.29, 1.82) is 5.26 Å². The molecule has 0 aliphatic carbocycles. The highest BCUT2D eigenvalue weighted by Gasteiger charge is 2.24. The maximum Gasteiger partial charge on any atom is 0.407 e. The number of rotatable bonds is 2. The fourth-order valence-corrected chi connectivity index (χ4v) is 2.13. The predicted molar refractivity (Wildman–Crippen MR) is 67.3 cm³/mol. The Labute approximate surface area is 110 Å². The third kappa shape index (κ3) is 2.94. The van der Waals surface area contributed by atoms with Gasteiger partial charge in [0.15, 0.2) is 0 Å². The Morgan fingerprint density at radius 1 is 1.63 bits per heavy atom. The third-order valence-corrected chi connectivity index (χ3v) is 3.13. The van der Waals surface area contributed by atoms with Crippen LogP contribution in [0.3, 0.4) is 0 Å². The van der Waals surface area contributed by atoms with Crippen LogP contribution in [-0.4, -0.2) is 32.3 Å². The fourth-order valence-electron chi connectivity index (χ4n) is 2.13. The van der Waals surface area contributed by atoms with Gasteiger partial charge in [-0.15, -0.1) is 0 Å². The third-order valence-electron chi connectivity index (χ3n) is 3.13. The minimum absolute atomic E-state index is 0.00819. The molecule has 1 aromatic carbocycles. The lowest BCUT2D eigenvalue weighted by atomic mass is 10.2. The Balaban J connectivity index is 2.03. The maximum absolute atomic E-state index is 13.5. The van der Waals surface area contributed by atoms with Crippen molar-refractivity contribution in [3.8, 4) is 6.07 Å². The number of benzene rings is 1. The fraction of sp³-hybridized carbons (Fsp3) is 0.385. The first kappa shape index (κ1) is 13.1. The van der Waals surface area contributed by atoms with Gasteiger partial charge in [-0.25, -0.2) is 9.18 Å². The van der Waals surface area contributed by atoms with Gasteiger partial charge in [-0.3, -0.25) is 0 Å². The SMILES string of the molecule is COC(=O)NC1CCN(c2ccc(C#N)c(F)c2)C1. The molecule has 1 fully saturated rings. The average Bonchev–Trinajstić information content (AvgIpc) is 2.87. The second kappa shape index (κ2) is 5.57. The minimum Gasteiger partial charge on any atom is -0.453 e. The first-order chi connectivity index (χ1) is 9.13. The van der Waals surface area contributed by atoms with Crippen LogP contribution in [-0.2, 0) is 4.74 Å². The lowest BCUT2D eigenvalue weighted by Gasteiger charge is -2.19. The van der Waals surface area contributed by atoms with Gasteiger partial charge in [0.25, 0.3) is 0 Å². The molecule has 0 radical (unpaired) electrons. The number of carbonyl (C=O) groups excluding carboxylic acids is 1. The Hall–Kier alpha value is -2.29. The molecule has 1 N–H and O–H groups in total. The van der Waals surface area contributed by atoms with Crippen LogP contribution in [0.25, 0.3) is 0 Å². The molecule has 1 atom stereocenters. The molecule has 2 rings (SSSR count). The van der Waals surface area contributed by atoms with Gasteiger partial charge in [0.2, 0.25) is 0 Å². The maximum atomic E-state index is 13.5. The van der Waals surface area contributed by atoms with Gasteiger partial charge in [-0.2, -0.15) is 5.26 Å². The molecule has 6 heteroatoms. The van der Waals surface area contributed by atoms with E-state index in [2.05, 4.69) is 10.1 Å². The highest BCUT2D eigenvalue weighted by atomic mass is 19.1. The predicted octanol–water partition coefficient (Wildman–Crippen LogP) is 1.63. The van der Waals surface area contributed by atoms with E-state index in [4.69, 9.17) is 5.26 Å². The number of anilines is 1. The molecule has 0 spiro atoms.